The highest BCUT2D eigenvalue weighted by Crippen LogP contribution is 2.23. The van der Waals surface area contributed by atoms with Gasteiger partial charge < -0.3 is 19.7 Å². The molecule has 0 saturated heterocycles. The number of hydrogen-bond donors (Lipinski definition) is 2. The van der Waals surface area contributed by atoms with Crippen LogP contribution in [-0.2, 0) is 13.2 Å². The van der Waals surface area contributed by atoms with Crippen LogP contribution in [0.5, 0.6) is 11.5 Å². The van der Waals surface area contributed by atoms with Crippen molar-refractivity contribution in [3.8, 4) is 11.5 Å². The molecule has 0 saturated carbocycles. The van der Waals surface area contributed by atoms with E-state index in [0.29, 0.717) is 0 Å². The van der Waals surface area contributed by atoms with Crippen LogP contribution >= 0.6 is 0 Å². The van der Waals surface area contributed by atoms with E-state index in [1.165, 1.54) is 0 Å². The Bertz CT molecular complexity index is 1100. The summed E-state index contributed by atoms with van der Waals surface area (Å²) in [5.41, 5.74) is 6.59. The average Bonchev–Trinajstić information content (AvgIpc) is 2.81. The minimum Gasteiger partial charge on any atom is -0.497 e. The van der Waals surface area contributed by atoms with Crippen LogP contribution < -0.4 is 9.47 Å². The molecule has 0 aromatic heterocycles. The van der Waals surface area contributed by atoms with Gasteiger partial charge in [0.25, 0.3) is 0 Å². The highest BCUT2D eigenvalue weighted by molar-refractivity contribution is 5.76. The number of ether oxygens (including phenoxy) is 2. The third kappa shape index (κ3) is 5.85. The van der Waals surface area contributed by atoms with Gasteiger partial charge in [-0.05, 0) is 76.2 Å². The highest BCUT2D eigenvalue weighted by atomic mass is 16.5. The fourth-order valence-corrected chi connectivity index (χ4v) is 3.33. The van der Waals surface area contributed by atoms with E-state index in [1.54, 1.807) is 14.2 Å². The van der Waals surface area contributed by atoms with Gasteiger partial charge in [0.15, 0.2) is 0 Å². The fraction of sp³-hybridized carbons (Fsp3) is 0.185. The Kier molecular flexibility index (Phi) is 7.65. The summed E-state index contributed by atoms with van der Waals surface area (Å²) in [5.74, 6) is 1.64. The highest BCUT2D eigenvalue weighted by Gasteiger charge is 2.02. The summed E-state index contributed by atoms with van der Waals surface area (Å²) in [6.45, 7) is 1.83. The van der Waals surface area contributed by atoms with Crippen molar-refractivity contribution in [1.82, 2.24) is 0 Å². The van der Waals surface area contributed by atoms with E-state index in [0.717, 1.165) is 50.4 Å². The molecule has 160 valence electrons. The zero-order valence-electron chi connectivity index (χ0n) is 18.1. The van der Waals surface area contributed by atoms with E-state index < -0.39 is 0 Å². The van der Waals surface area contributed by atoms with Crippen molar-refractivity contribution in [3.05, 3.63) is 93.5 Å². The third-order valence-corrected chi connectivity index (χ3v) is 5.13. The first-order valence-electron chi connectivity index (χ1n) is 10.1. The zero-order valence-corrected chi connectivity index (χ0v) is 18.1. The molecule has 0 spiro atoms. The lowest BCUT2D eigenvalue weighted by molar-refractivity contribution is 0.260. The molecular formula is C27H28O4. The molecule has 3 aromatic rings. The van der Waals surface area contributed by atoms with Crippen LogP contribution in [0.4, 0.5) is 0 Å². The molecule has 0 aliphatic carbocycles. The molecule has 0 unspecified atom stereocenters. The number of benzene rings is 3. The van der Waals surface area contributed by atoms with Gasteiger partial charge in [0.1, 0.15) is 11.5 Å². The standard InChI is InChI=1S/C27H28O4/c1-19-4-5-21(16-27(19)31-3)7-9-23-12-22(14-26(15-23)30-2)8-6-20-10-11-24(17-28)25(13-20)18-29/h4-16,28-29H,17-18H2,1-3H3/b8-6+,9-7+. The molecule has 4 heteroatoms. The first-order chi connectivity index (χ1) is 15.1. The summed E-state index contributed by atoms with van der Waals surface area (Å²) < 4.78 is 10.9. The van der Waals surface area contributed by atoms with Crippen molar-refractivity contribution in [2.75, 3.05) is 14.2 Å². The lowest BCUT2D eigenvalue weighted by Gasteiger charge is -2.07. The molecule has 3 rings (SSSR count). The number of hydrogen-bond acceptors (Lipinski definition) is 4. The number of aryl methyl sites for hydroxylation is 1. The van der Waals surface area contributed by atoms with Crippen LogP contribution in [0.15, 0.2) is 54.6 Å². The number of rotatable bonds is 8. The van der Waals surface area contributed by atoms with E-state index in [4.69, 9.17) is 9.47 Å². The molecule has 0 aliphatic heterocycles. The Morgan fingerprint density at radius 2 is 1.23 bits per heavy atom. The second-order valence-electron chi connectivity index (χ2n) is 7.28. The van der Waals surface area contributed by atoms with Crippen LogP contribution in [0.1, 0.15) is 38.9 Å². The second kappa shape index (κ2) is 10.6. The molecule has 0 aliphatic rings. The Morgan fingerprint density at radius 1 is 0.645 bits per heavy atom. The van der Waals surface area contributed by atoms with Gasteiger partial charge in [-0.15, -0.1) is 0 Å². The van der Waals surface area contributed by atoms with Crippen LogP contribution in [0, 0.1) is 6.92 Å². The second-order valence-corrected chi connectivity index (χ2v) is 7.28. The lowest BCUT2D eigenvalue weighted by Crippen LogP contribution is -1.94. The quantitative estimate of drug-likeness (QED) is 0.487. The first kappa shape index (κ1) is 22.3. The zero-order chi connectivity index (χ0) is 22.2. The van der Waals surface area contributed by atoms with Gasteiger partial charge in [-0.25, -0.2) is 0 Å². The molecule has 2 N–H and O–H groups in total. The largest absolute Gasteiger partial charge is 0.497 e. The topological polar surface area (TPSA) is 58.9 Å². The van der Waals surface area contributed by atoms with Gasteiger partial charge in [-0.3, -0.25) is 0 Å². The number of aliphatic hydroxyl groups is 2. The summed E-state index contributed by atoms with van der Waals surface area (Å²) in [6.07, 6.45) is 8.08. The van der Waals surface area contributed by atoms with Gasteiger partial charge in [0.05, 0.1) is 27.4 Å². The van der Waals surface area contributed by atoms with Crippen molar-refractivity contribution >= 4 is 24.3 Å². The normalized spacial score (nSPS) is 11.4. The maximum Gasteiger partial charge on any atom is 0.122 e. The average molecular weight is 417 g/mol. The molecule has 3 aromatic carbocycles. The monoisotopic (exact) mass is 416 g/mol. The molecule has 0 bridgehead atoms. The van der Waals surface area contributed by atoms with Gasteiger partial charge in [-0.1, -0.05) is 48.6 Å². The van der Waals surface area contributed by atoms with Crippen LogP contribution in [0.3, 0.4) is 0 Å². The minimum atomic E-state index is -0.102. The maximum absolute atomic E-state index is 9.50. The molecule has 0 amide bonds. The summed E-state index contributed by atoms with van der Waals surface area (Å²) in [6, 6.07) is 17.8. The van der Waals surface area contributed by atoms with Crippen LogP contribution in [-0.4, -0.2) is 24.4 Å². The van der Waals surface area contributed by atoms with Gasteiger partial charge in [-0.2, -0.15) is 0 Å². The van der Waals surface area contributed by atoms with Gasteiger partial charge in [0.2, 0.25) is 0 Å². The molecule has 0 fully saturated rings. The number of aliphatic hydroxyl groups excluding tert-OH is 2. The van der Waals surface area contributed by atoms with Crippen molar-refractivity contribution in [2.24, 2.45) is 0 Å². The summed E-state index contributed by atoms with van der Waals surface area (Å²) >= 11 is 0. The fourth-order valence-electron chi connectivity index (χ4n) is 3.33. The molecule has 4 nitrogen and oxygen atoms in total. The lowest BCUT2D eigenvalue weighted by atomic mass is 10.0. The summed E-state index contributed by atoms with van der Waals surface area (Å²) in [4.78, 5) is 0. The Morgan fingerprint density at radius 3 is 1.81 bits per heavy atom. The van der Waals surface area contributed by atoms with E-state index in [2.05, 4.69) is 12.1 Å². The van der Waals surface area contributed by atoms with Gasteiger partial charge in [0, 0.05) is 0 Å². The Hall–Kier alpha value is -3.34. The first-order valence-corrected chi connectivity index (χ1v) is 10.1. The van der Waals surface area contributed by atoms with Crippen molar-refractivity contribution < 1.29 is 19.7 Å². The smallest absolute Gasteiger partial charge is 0.122 e. The predicted octanol–water partition coefficient (Wildman–Crippen LogP) is 5.34. The third-order valence-electron chi connectivity index (χ3n) is 5.13. The Labute approximate surface area is 183 Å². The molecule has 31 heavy (non-hydrogen) atoms. The maximum atomic E-state index is 9.50. The van der Waals surface area contributed by atoms with E-state index in [-0.39, 0.29) is 13.2 Å². The minimum absolute atomic E-state index is 0.0850. The molecule has 0 heterocycles. The van der Waals surface area contributed by atoms with E-state index in [1.807, 2.05) is 73.7 Å². The SMILES string of the molecule is COc1cc(/C=C/c2ccc(CO)c(CO)c2)cc(/C=C/c2ccc(C)c(OC)c2)c1. The van der Waals surface area contributed by atoms with Crippen molar-refractivity contribution in [3.63, 3.8) is 0 Å². The predicted molar refractivity (Wildman–Crippen MR) is 127 cm³/mol. The van der Waals surface area contributed by atoms with Crippen LogP contribution in [0.25, 0.3) is 24.3 Å². The molecular weight excluding hydrogens is 388 g/mol. The van der Waals surface area contributed by atoms with Crippen LogP contribution in [0.2, 0.25) is 0 Å². The number of methoxy groups -OCH3 is 2. The Balaban J connectivity index is 1.86. The van der Waals surface area contributed by atoms with Crippen molar-refractivity contribution in [2.45, 2.75) is 20.1 Å². The molecule has 0 radical (unpaired) electrons. The summed E-state index contributed by atoms with van der Waals surface area (Å²) in [5, 5.41) is 18.9. The van der Waals surface area contributed by atoms with E-state index >= 15 is 0 Å². The molecule has 0 atom stereocenters. The van der Waals surface area contributed by atoms with Crippen molar-refractivity contribution in [1.29, 1.82) is 0 Å². The summed E-state index contributed by atoms with van der Waals surface area (Å²) in [7, 11) is 3.33. The van der Waals surface area contributed by atoms with E-state index in [9.17, 15) is 10.2 Å². The van der Waals surface area contributed by atoms with Gasteiger partial charge >= 0.3 is 0 Å².